The van der Waals surface area contributed by atoms with Gasteiger partial charge in [-0.05, 0) is 26.3 Å². The number of rotatable bonds is 3. The molecule has 0 aliphatic heterocycles. The van der Waals surface area contributed by atoms with E-state index in [0.717, 1.165) is 5.57 Å². The third-order valence-corrected chi connectivity index (χ3v) is 1.14. The van der Waals surface area contributed by atoms with Crippen LogP contribution < -0.4 is 5.73 Å². The molecule has 2 nitrogen and oxygen atoms in total. The molecule has 0 atom stereocenters. The Morgan fingerprint density at radius 3 is 2.50 bits per heavy atom. The summed E-state index contributed by atoms with van der Waals surface area (Å²) in [6.07, 6.45) is 3.82. The Hall–Kier alpha value is -0.630. The summed E-state index contributed by atoms with van der Waals surface area (Å²) in [7, 11) is 0. The molecule has 0 aromatic rings. The summed E-state index contributed by atoms with van der Waals surface area (Å²) in [6.45, 7) is 6.63. The van der Waals surface area contributed by atoms with Crippen molar-refractivity contribution in [2.45, 2.75) is 26.8 Å². The lowest BCUT2D eigenvalue weighted by Crippen LogP contribution is -2.04. The number of hydrogen-bond donors (Lipinski definition) is 1. The quantitative estimate of drug-likeness (QED) is 0.591. The summed E-state index contributed by atoms with van der Waals surface area (Å²) in [4.78, 5) is 4.19. The molecular weight excluding hydrogens is 124 g/mol. The van der Waals surface area contributed by atoms with Gasteiger partial charge in [0.1, 0.15) is 0 Å². The molecule has 0 unspecified atom stereocenters. The molecule has 0 saturated heterocycles. The van der Waals surface area contributed by atoms with E-state index in [9.17, 15) is 0 Å². The molecule has 0 spiro atoms. The first-order chi connectivity index (χ1) is 4.70. The van der Waals surface area contributed by atoms with E-state index in [1.807, 2.05) is 33.1 Å². The molecule has 58 valence electrons. The highest BCUT2D eigenvalue weighted by Crippen LogP contribution is 1.89. The van der Waals surface area contributed by atoms with E-state index in [1.165, 1.54) is 0 Å². The fourth-order valence-corrected chi connectivity index (χ4v) is 0.490. The van der Waals surface area contributed by atoms with Crippen LogP contribution in [0.25, 0.3) is 0 Å². The average molecular weight is 140 g/mol. The molecule has 0 radical (unpaired) electrons. The lowest BCUT2D eigenvalue weighted by Gasteiger charge is -1.96. The zero-order chi connectivity index (χ0) is 7.98. The molecular formula is C8H16N2. The molecule has 10 heavy (non-hydrogen) atoms. The molecule has 0 saturated carbocycles. The number of hydrogen-bond acceptors (Lipinski definition) is 2. The standard InChI is InChI=1S/C8H16N2/c1-4-8(5-9)6-10-7(2)3/h4,6-7H,5,9H2,1-3H3/b8-4-,10-6-. The minimum absolute atomic E-state index is 0.362. The lowest BCUT2D eigenvalue weighted by molar-refractivity contribution is 0.840. The topological polar surface area (TPSA) is 38.4 Å². The van der Waals surface area contributed by atoms with Crippen LogP contribution in [0.2, 0.25) is 0 Å². The van der Waals surface area contributed by atoms with E-state index in [0.29, 0.717) is 12.6 Å². The predicted molar refractivity (Wildman–Crippen MR) is 46.4 cm³/mol. The molecule has 0 rings (SSSR count). The van der Waals surface area contributed by atoms with Crippen molar-refractivity contribution in [3.05, 3.63) is 11.6 Å². The molecule has 0 heterocycles. The van der Waals surface area contributed by atoms with Gasteiger partial charge >= 0.3 is 0 Å². The summed E-state index contributed by atoms with van der Waals surface area (Å²) in [5.74, 6) is 0. The van der Waals surface area contributed by atoms with Gasteiger partial charge in [-0.25, -0.2) is 0 Å². The summed E-state index contributed by atoms with van der Waals surface area (Å²) >= 11 is 0. The molecule has 0 aromatic carbocycles. The van der Waals surface area contributed by atoms with Crippen LogP contribution in [0, 0.1) is 0 Å². The van der Waals surface area contributed by atoms with Crippen LogP contribution >= 0.6 is 0 Å². The smallest absolute Gasteiger partial charge is 0.0443 e. The molecule has 0 aliphatic rings. The Bertz CT molecular complexity index is 134. The van der Waals surface area contributed by atoms with E-state index in [1.54, 1.807) is 0 Å². The van der Waals surface area contributed by atoms with Crippen LogP contribution in [-0.4, -0.2) is 18.8 Å². The van der Waals surface area contributed by atoms with Gasteiger partial charge in [0.2, 0.25) is 0 Å². The van der Waals surface area contributed by atoms with Gasteiger partial charge in [0.25, 0.3) is 0 Å². The van der Waals surface area contributed by atoms with Crippen molar-refractivity contribution in [3.63, 3.8) is 0 Å². The maximum atomic E-state index is 5.41. The maximum Gasteiger partial charge on any atom is 0.0443 e. The highest BCUT2D eigenvalue weighted by Gasteiger charge is 1.87. The molecule has 2 heteroatoms. The third-order valence-electron chi connectivity index (χ3n) is 1.14. The van der Waals surface area contributed by atoms with Crippen molar-refractivity contribution in [2.75, 3.05) is 6.54 Å². The molecule has 0 aliphatic carbocycles. The van der Waals surface area contributed by atoms with Gasteiger partial charge in [-0.15, -0.1) is 0 Å². The maximum absolute atomic E-state index is 5.41. The minimum atomic E-state index is 0.362. The average Bonchev–Trinajstić information content (AvgIpc) is 1.90. The van der Waals surface area contributed by atoms with E-state index in [4.69, 9.17) is 5.73 Å². The Morgan fingerprint density at radius 2 is 2.20 bits per heavy atom. The first-order valence-corrected chi connectivity index (χ1v) is 3.59. The lowest BCUT2D eigenvalue weighted by atomic mass is 10.3. The van der Waals surface area contributed by atoms with Gasteiger partial charge in [0, 0.05) is 18.8 Å². The fourth-order valence-electron chi connectivity index (χ4n) is 0.490. The van der Waals surface area contributed by atoms with Gasteiger partial charge < -0.3 is 5.73 Å². The second kappa shape index (κ2) is 5.18. The summed E-state index contributed by atoms with van der Waals surface area (Å²) in [6, 6.07) is 0.362. The normalized spacial score (nSPS) is 13.5. The number of nitrogens with two attached hydrogens (primary N) is 1. The minimum Gasteiger partial charge on any atom is -0.326 e. The van der Waals surface area contributed by atoms with Gasteiger partial charge in [-0.3, -0.25) is 4.99 Å². The Morgan fingerprint density at radius 1 is 1.60 bits per heavy atom. The Balaban J connectivity index is 3.86. The number of aliphatic imine (C=N–C) groups is 1. The monoisotopic (exact) mass is 140 g/mol. The second-order valence-corrected chi connectivity index (χ2v) is 2.44. The van der Waals surface area contributed by atoms with E-state index >= 15 is 0 Å². The van der Waals surface area contributed by atoms with Crippen LogP contribution in [-0.2, 0) is 0 Å². The van der Waals surface area contributed by atoms with E-state index in [2.05, 4.69) is 4.99 Å². The SMILES string of the molecule is C/C=C(\C=N/C(C)C)CN. The van der Waals surface area contributed by atoms with Crippen LogP contribution in [0.15, 0.2) is 16.6 Å². The zero-order valence-corrected chi connectivity index (χ0v) is 6.96. The molecule has 0 aromatic heterocycles. The van der Waals surface area contributed by atoms with Crippen LogP contribution in [0.5, 0.6) is 0 Å². The molecule has 0 bridgehead atoms. The highest BCUT2D eigenvalue weighted by atomic mass is 14.7. The molecule has 2 N–H and O–H groups in total. The van der Waals surface area contributed by atoms with Gasteiger partial charge in [-0.2, -0.15) is 0 Å². The molecule has 0 amide bonds. The first-order valence-electron chi connectivity index (χ1n) is 3.59. The van der Waals surface area contributed by atoms with Crippen LogP contribution in [0.4, 0.5) is 0 Å². The largest absolute Gasteiger partial charge is 0.326 e. The number of allylic oxidation sites excluding steroid dienone is 1. The van der Waals surface area contributed by atoms with Gasteiger partial charge in [0.15, 0.2) is 0 Å². The van der Waals surface area contributed by atoms with Crippen molar-refractivity contribution in [2.24, 2.45) is 10.7 Å². The van der Waals surface area contributed by atoms with E-state index in [-0.39, 0.29) is 0 Å². The van der Waals surface area contributed by atoms with Crippen LogP contribution in [0.3, 0.4) is 0 Å². The van der Waals surface area contributed by atoms with Gasteiger partial charge in [-0.1, -0.05) is 6.08 Å². The highest BCUT2D eigenvalue weighted by molar-refractivity contribution is 5.78. The van der Waals surface area contributed by atoms with Crippen LogP contribution in [0.1, 0.15) is 20.8 Å². The van der Waals surface area contributed by atoms with Crippen molar-refractivity contribution in [1.82, 2.24) is 0 Å². The van der Waals surface area contributed by atoms with E-state index < -0.39 is 0 Å². The van der Waals surface area contributed by atoms with Gasteiger partial charge in [0.05, 0.1) is 0 Å². The fraction of sp³-hybridized carbons (Fsp3) is 0.625. The Labute approximate surface area is 62.8 Å². The summed E-state index contributed by atoms with van der Waals surface area (Å²) in [5.41, 5.74) is 6.50. The summed E-state index contributed by atoms with van der Waals surface area (Å²) in [5, 5.41) is 0. The van der Waals surface area contributed by atoms with Crippen molar-refractivity contribution in [1.29, 1.82) is 0 Å². The third kappa shape index (κ3) is 4.27. The second-order valence-electron chi connectivity index (χ2n) is 2.44. The van der Waals surface area contributed by atoms with Crippen molar-refractivity contribution < 1.29 is 0 Å². The zero-order valence-electron chi connectivity index (χ0n) is 6.96. The predicted octanol–water partition coefficient (Wildman–Crippen LogP) is 1.37. The van der Waals surface area contributed by atoms with Crippen molar-refractivity contribution >= 4 is 6.21 Å². The first kappa shape index (κ1) is 9.37. The molecule has 0 fully saturated rings. The summed E-state index contributed by atoms with van der Waals surface area (Å²) < 4.78 is 0. The number of nitrogens with zero attached hydrogens (tertiary/aromatic N) is 1. The van der Waals surface area contributed by atoms with Crippen molar-refractivity contribution in [3.8, 4) is 0 Å². The Kier molecular flexibility index (Phi) is 4.85.